The smallest absolute Gasteiger partial charge is 0.254 e. The van der Waals surface area contributed by atoms with Crippen molar-refractivity contribution in [3.05, 3.63) is 65.5 Å². The third kappa shape index (κ3) is 4.64. The second kappa shape index (κ2) is 7.71. The minimum atomic E-state index is -0.650. The summed E-state index contributed by atoms with van der Waals surface area (Å²) in [6, 6.07) is 14.4. The molecule has 0 saturated heterocycles. The molecule has 0 aliphatic rings. The van der Waals surface area contributed by atoms with Crippen molar-refractivity contribution >= 4 is 17.5 Å². The van der Waals surface area contributed by atoms with Crippen LogP contribution >= 0.6 is 0 Å². The van der Waals surface area contributed by atoms with E-state index in [0.717, 1.165) is 5.56 Å². The van der Waals surface area contributed by atoms with Gasteiger partial charge in [0.15, 0.2) is 0 Å². The van der Waals surface area contributed by atoms with E-state index in [1.807, 2.05) is 6.07 Å². The molecule has 2 rings (SSSR count). The number of hydrogen-bond donors (Lipinski definition) is 2. The Hall–Kier alpha value is -3.20. The van der Waals surface area contributed by atoms with E-state index >= 15 is 0 Å². The zero-order valence-corrected chi connectivity index (χ0v) is 12.2. The second-order valence-electron chi connectivity index (χ2n) is 4.74. The van der Waals surface area contributed by atoms with Crippen molar-refractivity contribution in [1.29, 1.82) is 5.26 Å². The van der Waals surface area contributed by atoms with Gasteiger partial charge in [0.05, 0.1) is 24.6 Å². The molecule has 2 amide bonds. The number of rotatable bonds is 5. The first-order valence-electron chi connectivity index (χ1n) is 6.88. The largest absolute Gasteiger partial charge is 0.343 e. The zero-order chi connectivity index (χ0) is 16.7. The molecule has 0 aliphatic carbocycles. The topological polar surface area (TPSA) is 82.0 Å². The van der Waals surface area contributed by atoms with Gasteiger partial charge in [0, 0.05) is 5.69 Å². The summed E-state index contributed by atoms with van der Waals surface area (Å²) in [5, 5.41) is 13.5. The van der Waals surface area contributed by atoms with Gasteiger partial charge in [-0.05, 0) is 29.8 Å². The third-order valence-corrected chi connectivity index (χ3v) is 3.05. The number of amides is 2. The van der Waals surface area contributed by atoms with Crippen LogP contribution in [-0.2, 0) is 11.2 Å². The average Bonchev–Trinajstić information content (AvgIpc) is 2.55. The van der Waals surface area contributed by atoms with Gasteiger partial charge in [0.1, 0.15) is 5.82 Å². The number of nitrogens with zero attached hydrogens (tertiary/aromatic N) is 1. The second-order valence-corrected chi connectivity index (χ2v) is 4.74. The highest BCUT2D eigenvalue weighted by Crippen LogP contribution is 2.10. The lowest BCUT2D eigenvalue weighted by Crippen LogP contribution is -2.33. The van der Waals surface area contributed by atoms with Crippen LogP contribution in [0.5, 0.6) is 0 Å². The Morgan fingerprint density at radius 2 is 1.78 bits per heavy atom. The van der Waals surface area contributed by atoms with E-state index in [0.29, 0.717) is 12.1 Å². The highest BCUT2D eigenvalue weighted by molar-refractivity contribution is 5.99. The van der Waals surface area contributed by atoms with Gasteiger partial charge >= 0.3 is 0 Å². The van der Waals surface area contributed by atoms with Crippen LogP contribution in [0.25, 0.3) is 0 Å². The first-order chi connectivity index (χ1) is 11.1. The minimum absolute atomic E-state index is 0.110. The molecule has 0 radical (unpaired) electrons. The van der Waals surface area contributed by atoms with E-state index < -0.39 is 17.6 Å². The number of carbonyl (C=O) groups is 2. The lowest BCUT2D eigenvalue weighted by molar-refractivity contribution is -0.115. The number of nitriles is 1. The molecule has 0 atom stereocenters. The fraction of sp³-hybridized carbons (Fsp3) is 0.118. The molecule has 0 spiro atoms. The normalized spacial score (nSPS) is 9.74. The summed E-state index contributed by atoms with van der Waals surface area (Å²) in [5.41, 5.74) is 1.29. The number of hydrogen-bond acceptors (Lipinski definition) is 3. The number of benzene rings is 2. The van der Waals surface area contributed by atoms with Crippen molar-refractivity contribution in [3.8, 4) is 6.07 Å². The third-order valence-electron chi connectivity index (χ3n) is 3.05. The SMILES string of the molecule is N#CCc1ccc(NC(=O)CNC(=O)c2ccccc2F)cc1. The van der Waals surface area contributed by atoms with Crippen LogP contribution in [0.3, 0.4) is 0 Å². The number of halogens is 1. The molecule has 116 valence electrons. The molecule has 23 heavy (non-hydrogen) atoms. The Morgan fingerprint density at radius 3 is 2.43 bits per heavy atom. The van der Waals surface area contributed by atoms with E-state index in [-0.39, 0.29) is 12.1 Å². The summed E-state index contributed by atoms with van der Waals surface area (Å²) in [4.78, 5) is 23.5. The minimum Gasteiger partial charge on any atom is -0.343 e. The van der Waals surface area contributed by atoms with Gasteiger partial charge in [-0.3, -0.25) is 9.59 Å². The van der Waals surface area contributed by atoms with Gasteiger partial charge in [-0.15, -0.1) is 0 Å². The molecule has 0 bridgehead atoms. The van der Waals surface area contributed by atoms with Crippen LogP contribution in [0.1, 0.15) is 15.9 Å². The fourth-order valence-corrected chi connectivity index (χ4v) is 1.90. The van der Waals surface area contributed by atoms with Crippen molar-refractivity contribution in [3.63, 3.8) is 0 Å². The molecule has 2 N–H and O–H groups in total. The van der Waals surface area contributed by atoms with Crippen molar-refractivity contribution in [2.24, 2.45) is 0 Å². The van der Waals surface area contributed by atoms with E-state index in [2.05, 4.69) is 10.6 Å². The Kier molecular flexibility index (Phi) is 5.42. The van der Waals surface area contributed by atoms with Crippen LogP contribution in [-0.4, -0.2) is 18.4 Å². The summed E-state index contributed by atoms with van der Waals surface area (Å²) in [5.74, 6) is -1.72. The molecular weight excluding hydrogens is 297 g/mol. The zero-order valence-electron chi connectivity index (χ0n) is 12.2. The Bertz CT molecular complexity index is 751. The highest BCUT2D eigenvalue weighted by atomic mass is 19.1. The molecule has 5 nitrogen and oxygen atoms in total. The fourth-order valence-electron chi connectivity index (χ4n) is 1.90. The van der Waals surface area contributed by atoms with Crippen molar-refractivity contribution in [1.82, 2.24) is 5.32 Å². The van der Waals surface area contributed by atoms with Gasteiger partial charge in [-0.2, -0.15) is 5.26 Å². The van der Waals surface area contributed by atoms with Gasteiger partial charge in [0.2, 0.25) is 5.91 Å². The van der Waals surface area contributed by atoms with E-state index in [9.17, 15) is 14.0 Å². The molecule has 0 fully saturated rings. The number of anilines is 1. The highest BCUT2D eigenvalue weighted by Gasteiger charge is 2.12. The molecule has 0 aliphatic heterocycles. The molecule has 0 saturated carbocycles. The molecule has 2 aromatic rings. The first-order valence-corrected chi connectivity index (χ1v) is 6.88. The van der Waals surface area contributed by atoms with Crippen LogP contribution in [0.2, 0.25) is 0 Å². The summed E-state index contributed by atoms with van der Waals surface area (Å²) >= 11 is 0. The Labute approximate surface area is 132 Å². The summed E-state index contributed by atoms with van der Waals surface area (Å²) in [6.07, 6.45) is 0.299. The first kappa shape index (κ1) is 16.2. The molecule has 0 aromatic heterocycles. The van der Waals surface area contributed by atoms with Gasteiger partial charge in [-0.1, -0.05) is 24.3 Å². The molecular formula is C17H14FN3O2. The van der Waals surface area contributed by atoms with Gasteiger partial charge in [0.25, 0.3) is 5.91 Å². The predicted molar refractivity (Wildman–Crippen MR) is 83.1 cm³/mol. The monoisotopic (exact) mass is 311 g/mol. The number of nitrogens with one attached hydrogen (secondary N) is 2. The maximum atomic E-state index is 13.4. The van der Waals surface area contributed by atoms with E-state index in [1.165, 1.54) is 18.2 Å². The predicted octanol–water partition coefficient (Wildman–Crippen LogP) is 2.26. The average molecular weight is 311 g/mol. The molecule has 6 heteroatoms. The molecule has 0 unspecified atom stereocenters. The lowest BCUT2D eigenvalue weighted by atomic mass is 10.1. The quantitative estimate of drug-likeness (QED) is 0.888. The van der Waals surface area contributed by atoms with Gasteiger partial charge < -0.3 is 10.6 Å². The van der Waals surface area contributed by atoms with E-state index in [4.69, 9.17) is 5.26 Å². The van der Waals surface area contributed by atoms with E-state index in [1.54, 1.807) is 30.3 Å². The molecule has 2 aromatic carbocycles. The van der Waals surface area contributed by atoms with Gasteiger partial charge in [-0.25, -0.2) is 4.39 Å². The Balaban J connectivity index is 1.87. The van der Waals surface area contributed by atoms with Crippen LogP contribution in [0.4, 0.5) is 10.1 Å². The van der Waals surface area contributed by atoms with Crippen molar-refractivity contribution in [2.75, 3.05) is 11.9 Å². The van der Waals surface area contributed by atoms with Crippen molar-refractivity contribution in [2.45, 2.75) is 6.42 Å². The Morgan fingerprint density at radius 1 is 1.09 bits per heavy atom. The molecule has 0 heterocycles. The summed E-state index contributed by atoms with van der Waals surface area (Å²) < 4.78 is 13.4. The standard InChI is InChI=1S/C17H14FN3O2/c18-15-4-2-1-3-14(15)17(23)20-11-16(22)21-13-7-5-12(6-8-13)9-10-19/h1-8H,9,11H2,(H,20,23)(H,21,22). The summed E-state index contributed by atoms with van der Waals surface area (Å²) in [6.45, 7) is -0.271. The maximum absolute atomic E-state index is 13.4. The van der Waals surface area contributed by atoms with Crippen LogP contribution in [0.15, 0.2) is 48.5 Å². The van der Waals surface area contributed by atoms with Crippen LogP contribution in [0, 0.1) is 17.1 Å². The lowest BCUT2D eigenvalue weighted by Gasteiger charge is -2.08. The maximum Gasteiger partial charge on any atom is 0.254 e. The summed E-state index contributed by atoms with van der Waals surface area (Å²) in [7, 11) is 0. The number of carbonyl (C=O) groups excluding carboxylic acids is 2. The van der Waals surface area contributed by atoms with Crippen molar-refractivity contribution < 1.29 is 14.0 Å². The van der Waals surface area contributed by atoms with Crippen LogP contribution < -0.4 is 10.6 Å².